The van der Waals surface area contributed by atoms with Crippen LogP contribution in [-0.4, -0.2) is 7.11 Å². The second-order valence-corrected chi connectivity index (χ2v) is 1.84. The Morgan fingerprint density at radius 1 is 1.86 bits per heavy atom. The molecule has 0 spiro atoms. The molecule has 0 fully saturated rings. The van der Waals surface area contributed by atoms with E-state index >= 15 is 0 Å². The average molecular weight is 120 g/mol. The Bertz CT molecular complexity index is 79.0. The van der Waals surface area contributed by atoms with Crippen molar-refractivity contribution in [2.45, 2.75) is 0 Å². The zero-order valence-corrected chi connectivity index (χ0v) is 4.94. The van der Waals surface area contributed by atoms with E-state index in [1.54, 1.807) is 0 Å². The Labute approximate surface area is 52.7 Å². The molecule has 0 saturated heterocycles. The third kappa shape index (κ3) is 10.8. The predicted octanol–water partition coefficient (Wildman–Crippen LogP) is -2.93. The molecule has 1 unspecified atom stereocenters. The number of hydrogen-bond acceptors (Lipinski definition) is 3. The fourth-order valence-electron chi connectivity index (χ4n) is 0. The first-order valence-electron chi connectivity index (χ1n) is 1.13. The third-order valence-electron chi connectivity index (χ3n) is 0.218. The Balaban J connectivity index is 0. The first-order chi connectivity index (χ1) is 2.56. The van der Waals surface area contributed by atoms with Crippen molar-refractivity contribution in [2.75, 3.05) is 7.11 Å². The molecular weight excluding hydrogens is 117 g/mol. The van der Waals surface area contributed by atoms with E-state index in [1.165, 1.54) is 0 Å². The Hall–Kier alpha value is 0.677. The summed E-state index contributed by atoms with van der Waals surface area (Å²) < 4.78 is 23.3. The molecule has 6 heteroatoms. The van der Waals surface area contributed by atoms with Gasteiger partial charge in [-0.05, 0) is 0 Å². The van der Waals surface area contributed by atoms with E-state index in [9.17, 15) is 4.20 Å². The van der Waals surface area contributed by atoms with Crippen molar-refractivity contribution >= 4 is 7.91 Å². The molecule has 0 amide bonds. The van der Waals surface area contributed by atoms with Gasteiger partial charge in [0.15, 0.2) is 0 Å². The molecule has 0 saturated carbocycles. The second-order valence-electron chi connectivity index (χ2n) is 0.613. The maximum absolute atomic E-state index is 10.9. The average Bonchev–Trinajstić information content (AvgIpc) is 1.35. The number of hydrogen-bond donors (Lipinski definition) is 0. The molecule has 0 aromatic carbocycles. The zero-order chi connectivity index (χ0) is 5.21. The largest absolute Gasteiger partial charge is 1.00 e. The van der Waals surface area contributed by atoms with E-state index in [1.807, 2.05) is 0 Å². The molecule has 0 aromatic rings. The van der Waals surface area contributed by atoms with Gasteiger partial charge in [0.1, 0.15) is 0 Å². The van der Waals surface area contributed by atoms with E-state index in [0.29, 0.717) is 0 Å². The maximum Gasteiger partial charge on any atom is 1.00 e. The topological polar surface area (TPSA) is 49.4 Å². The van der Waals surface area contributed by atoms with Crippen molar-refractivity contribution in [1.29, 1.82) is 0 Å². The number of rotatable bonds is 1. The number of halogens is 1. The molecule has 0 aliphatic heterocycles. The van der Waals surface area contributed by atoms with Gasteiger partial charge in [-0.15, -0.1) is 0 Å². The van der Waals surface area contributed by atoms with Gasteiger partial charge in [-0.2, -0.15) is 4.20 Å². The summed E-state index contributed by atoms with van der Waals surface area (Å²) >= 11 is 0. The van der Waals surface area contributed by atoms with Crippen molar-refractivity contribution in [3.05, 3.63) is 0 Å². The van der Waals surface area contributed by atoms with Crippen molar-refractivity contribution in [2.24, 2.45) is 0 Å². The molecular formula is CH3FLiO3P. The van der Waals surface area contributed by atoms with E-state index < -0.39 is 7.91 Å². The molecule has 0 bridgehead atoms. The monoisotopic (exact) mass is 120 g/mol. The van der Waals surface area contributed by atoms with Gasteiger partial charge in [-0.3, -0.25) is 4.57 Å². The zero-order valence-electron chi connectivity index (χ0n) is 4.05. The van der Waals surface area contributed by atoms with Gasteiger partial charge in [-0.25, -0.2) is 0 Å². The van der Waals surface area contributed by atoms with Crippen LogP contribution in [0.5, 0.6) is 0 Å². The standard InChI is InChI=1S/CH4FO3P.Li/c1-5-6(2,3)4;/h1H3,(H,3,4);/q;+1/p-1. The molecule has 0 N–H and O–H groups in total. The molecule has 1 atom stereocenters. The van der Waals surface area contributed by atoms with Crippen LogP contribution in [-0.2, 0) is 9.09 Å². The van der Waals surface area contributed by atoms with E-state index in [2.05, 4.69) is 4.52 Å². The van der Waals surface area contributed by atoms with Gasteiger partial charge in [-0.1, -0.05) is 0 Å². The smallest absolute Gasteiger partial charge is 0.753 e. The third-order valence-corrected chi connectivity index (χ3v) is 0.654. The fourth-order valence-corrected chi connectivity index (χ4v) is 0. The summed E-state index contributed by atoms with van der Waals surface area (Å²) in [5.74, 6) is 0. The second kappa shape index (κ2) is 3.65. The SMILES string of the molecule is COP(=O)([O-])F.[Li+]. The van der Waals surface area contributed by atoms with Crippen LogP contribution in [0.25, 0.3) is 0 Å². The summed E-state index contributed by atoms with van der Waals surface area (Å²) in [4.78, 5) is 9.14. The van der Waals surface area contributed by atoms with Crippen LogP contribution in [0.1, 0.15) is 0 Å². The van der Waals surface area contributed by atoms with Gasteiger partial charge in [0.05, 0.1) is 0 Å². The van der Waals surface area contributed by atoms with E-state index in [4.69, 9.17) is 9.46 Å². The van der Waals surface area contributed by atoms with Crippen LogP contribution in [0.4, 0.5) is 4.20 Å². The summed E-state index contributed by atoms with van der Waals surface area (Å²) in [5, 5.41) is 0. The maximum atomic E-state index is 10.9. The minimum absolute atomic E-state index is 0. The van der Waals surface area contributed by atoms with E-state index in [-0.39, 0.29) is 18.9 Å². The Morgan fingerprint density at radius 3 is 2.00 bits per heavy atom. The summed E-state index contributed by atoms with van der Waals surface area (Å²) in [5.41, 5.74) is 0. The van der Waals surface area contributed by atoms with Crippen LogP contribution in [0.3, 0.4) is 0 Å². The molecule has 0 aliphatic carbocycles. The molecule has 0 aliphatic rings. The summed E-state index contributed by atoms with van der Waals surface area (Å²) in [6.45, 7) is 0. The Morgan fingerprint density at radius 2 is 2.00 bits per heavy atom. The first kappa shape index (κ1) is 10.6. The van der Waals surface area contributed by atoms with Crippen LogP contribution in [0, 0.1) is 0 Å². The quantitative estimate of drug-likeness (QED) is 0.275. The molecule has 0 rings (SSSR count). The van der Waals surface area contributed by atoms with E-state index in [0.717, 1.165) is 7.11 Å². The molecule has 0 aromatic heterocycles. The van der Waals surface area contributed by atoms with Gasteiger partial charge in [0.25, 0.3) is 0 Å². The summed E-state index contributed by atoms with van der Waals surface area (Å²) in [7, 11) is -4.14. The minimum Gasteiger partial charge on any atom is -0.753 e. The van der Waals surface area contributed by atoms with Crippen LogP contribution in [0.15, 0.2) is 0 Å². The van der Waals surface area contributed by atoms with Crippen molar-refractivity contribution in [3.8, 4) is 0 Å². The van der Waals surface area contributed by atoms with Crippen LogP contribution < -0.4 is 23.8 Å². The fraction of sp³-hybridized carbons (Fsp3) is 1.00. The van der Waals surface area contributed by atoms with Gasteiger partial charge >= 0.3 is 26.8 Å². The minimum atomic E-state index is -4.90. The molecule has 0 heterocycles. The Kier molecular flexibility index (Phi) is 5.54. The van der Waals surface area contributed by atoms with Crippen molar-refractivity contribution in [1.82, 2.24) is 0 Å². The van der Waals surface area contributed by atoms with Crippen molar-refractivity contribution < 1.29 is 37.0 Å². The molecule has 7 heavy (non-hydrogen) atoms. The van der Waals surface area contributed by atoms with Crippen molar-refractivity contribution in [3.63, 3.8) is 0 Å². The molecule has 3 nitrogen and oxygen atoms in total. The first-order valence-corrected chi connectivity index (χ1v) is 2.56. The van der Waals surface area contributed by atoms with Gasteiger partial charge in [0.2, 0.25) is 0 Å². The van der Waals surface area contributed by atoms with Gasteiger partial charge in [0, 0.05) is 7.11 Å². The van der Waals surface area contributed by atoms with Crippen LogP contribution in [0.2, 0.25) is 0 Å². The normalized spacial score (nSPS) is 17.0. The van der Waals surface area contributed by atoms with Crippen LogP contribution >= 0.6 is 7.91 Å². The predicted molar refractivity (Wildman–Crippen MR) is 15.7 cm³/mol. The van der Waals surface area contributed by atoms with Gasteiger partial charge < -0.3 is 9.42 Å². The molecule has 0 radical (unpaired) electrons. The summed E-state index contributed by atoms with van der Waals surface area (Å²) in [6, 6.07) is 0. The molecule has 38 valence electrons. The summed E-state index contributed by atoms with van der Waals surface area (Å²) in [6.07, 6.45) is 0.